The number of nitrogens with zero attached hydrogens (tertiary/aromatic N) is 8. The van der Waals surface area contributed by atoms with Crippen LogP contribution < -0.4 is 10.2 Å². The van der Waals surface area contributed by atoms with Gasteiger partial charge in [0.25, 0.3) is 0 Å². The average molecular weight is 391 g/mol. The van der Waals surface area contributed by atoms with Crippen LogP contribution in [0.4, 0.5) is 11.5 Å². The van der Waals surface area contributed by atoms with Crippen LogP contribution in [0.15, 0.2) is 37.1 Å². The summed E-state index contributed by atoms with van der Waals surface area (Å²) in [6.07, 6.45) is 8.95. The van der Waals surface area contributed by atoms with Crippen molar-refractivity contribution in [2.24, 2.45) is 5.92 Å². The van der Waals surface area contributed by atoms with Gasteiger partial charge in [0.2, 0.25) is 5.91 Å². The van der Waals surface area contributed by atoms with Crippen LogP contribution in [-0.4, -0.2) is 53.3 Å². The summed E-state index contributed by atoms with van der Waals surface area (Å²) in [5.41, 5.74) is 2.61. The van der Waals surface area contributed by atoms with Crippen molar-refractivity contribution in [3.8, 4) is 0 Å². The lowest BCUT2D eigenvalue weighted by molar-refractivity contribution is -0.116. The molecule has 1 N–H and O–H groups in total. The third-order valence-corrected chi connectivity index (χ3v) is 5.30. The molecule has 4 aromatic rings. The van der Waals surface area contributed by atoms with Crippen molar-refractivity contribution in [1.29, 1.82) is 0 Å². The first-order valence-electron chi connectivity index (χ1n) is 9.68. The number of nitrogens with one attached hydrogen (secondary N) is 1. The van der Waals surface area contributed by atoms with Crippen LogP contribution in [0.25, 0.3) is 16.8 Å². The molecule has 0 bridgehead atoms. The largest absolute Gasteiger partial charge is 0.355 e. The minimum Gasteiger partial charge on any atom is -0.355 e. The van der Waals surface area contributed by atoms with Gasteiger partial charge in [-0.3, -0.25) is 4.79 Å². The Bertz CT molecular complexity index is 1170. The molecule has 1 aliphatic heterocycles. The molecule has 1 fully saturated rings. The van der Waals surface area contributed by atoms with Crippen LogP contribution in [0, 0.1) is 5.92 Å². The first-order chi connectivity index (χ1) is 14.2. The number of carbonyl (C=O) groups is 1. The van der Waals surface area contributed by atoms with Crippen molar-refractivity contribution in [2.75, 3.05) is 23.3 Å². The van der Waals surface area contributed by atoms with Crippen LogP contribution in [0.3, 0.4) is 0 Å². The summed E-state index contributed by atoms with van der Waals surface area (Å²) < 4.78 is 3.22. The van der Waals surface area contributed by atoms with Crippen LogP contribution in [0.5, 0.6) is 0 Å². The molecule has 0 aliphatic carbocycles. The van der Waals surface area contributed by atoms with Crippen molar-refractivity contribution in [2.45, 2.75) is 26.3 Å². The Labute approximate surface area is 166 Å². The maximum absolute atomic E-state index is 12.5. The van der Waals surface area contributed by atoms with Gasteiger partial charge >= 0.3 is 0 Å². The molecule has 29 heavy (non-hydrogen) atoms. The van der Waals surface area contributed by atoms with Gasteiger partial charge in [-0.05, 0) is 24.8 Å². The number of rotatable bonds is 4. The summed E-state index contributed by atoms with van der Waals surface area (Å²) in [5, 5.41) is 11.2. The summed E-state index contributed by atoms with van der Waals surface area (Å²) in [5.74, 6) is 1.39. The first kappa shape index (κ1) is 17.5. The molecule has 0 spiro atoms. The molecule has 1 aliphatic rings. The Kier molecular flexibility index (Phi) is 4.30. The molecule has 0 atom stereocenters. The summed E-state index contributed by atoms with van der Waals surface area (Å²) >= 11 is 0. The molecule has 1 saturated heterocycles. The van der Waals surface area contributed by atoms with Gasteiger partial charge in [-0.2, -0.15) is 10.2 Å². The highest BCUT2D eigenvalue weighted by atomic mass is 16.2. The Morgan fingerprint density at radius 1 is 1.21 bits per heavy atom. The molecule has 0 saturated carbocycles. The fourth-order valence-corrected chi connectivity index (χ4v) is 3.58. The van der Waals surface area contributed by atoms with Crippen LogP contribution in [0.1, 0.15) is 19.8 Å². The van der Waals surface area contributed by atoms with E-state index in [4.69, 9.17) is 4.98 Å². The third kappa shape index (κ3) is 3.48. The molecule has 0 aromatic carbocycles. The second kappa shape index (κ2) is 7.12. The zero-order valence-corrected chi connectivity index (χ0v) is 16.1. The fraction of sp³-hybridized carbons (Fsp3) is 0.368. The molecule has 10 heteroatoms. The lowest BCUT2D eigenvalue weighted by atomic mass is 9.99. The van der Waals surface area contributed by atoms with Crippen molar-refractivity contribution in [1.82, 2.24) is 34.3 Å². The Balaban J connectivity index is 1.34. The second-order valence-corrected chi connectivity index (χ2v) is 7.44. The Hall–Kier alpha value is -3.56. The van der Waals surface area contributed by atoms with E-state index in [1.807, 2.05) is 0 Å². The lowest BCUT2D eigenvalue weighted by Gasteiger charge is -2.30. The van der Waals surface area contributed by atoms with Gasteiger partial charge in [0.1, 0.15) is 24.2 Å². The van der Waals surface area contributed by atoms with Gasteiger partial charge in [-0.1, -0.05) is 6.92 Å². The molecule has 4 aromatic heterocycles. The van der Waals surface area contributed by atoms with Gasteiger partial charge in [0.15, 0.2) is 11.3 Å². The average Bonchev–Trinajstić information content (AvgIpc) is 3.35. The zero-order chi connectivity index (χ0) is 19.8. The molecule has 5 heterocycles. The second-order valence-electron chi connectivity index (χ2n) is 7.44. The highest BCUT2D eigenvalue weighted by molar-refractivity contribution is 5.91. The summed E-state index contributed by atoms with van der Waals surface area (Å²) in [4.78, 5) is 28.1. The van der Waals surface area contributed by atoms with Crippen molar-refractivity contribution >= 4 is 34.2 Å². The predicted molar refractivity (Wildman–Crippen MR) is 108 cm³/mol. The van der Waals surface area contributed by atoms with E-state index in [0.29, 0.717) is 22.5 Å². The number of anilines is 2. The topological polar surface area (TPSA) is 106 Å². The maximum atomic E-state index is 12.5. The van der Waals surface area contributed by atoms with Gasteiger partial charge in [0.05, 0.1) is 12.4 Å². The van der Waals surface area contributed by atoms with Crippen LogP contribution in [0.2, 0.25) is 0 Å². The number of fused-ring (bicyclic) bond motifs is 2. The molecule has 148 valence electrons. The van der Waals surface area contributed by atoms with Gasteiger partial charge in [0, 0.05) is 31.0 Å². The van der Waals surface area contributed by atoms with E-state index in [9.17, 15) is 4.79 Å². The molecule has 5 rings (SSSR count). The number of hydrogen-bond donors (Lipinski definition) is 1. The van der Waals surface area contributed by atoms with E-state index >= 15 is 0 Å². The summed E-state index contributed by atoms with van der Waals surface area (Å²) in [6.45, 7) is 4.28. The summed E-state index contributed by atoms with van der Waals surface area (Å²) in [6, 6.07) is 3.54. The Morgan fingerprint density at radius 2 is 2.07 bits per heavy atom. The fourth-order valence-electron chi connectivity index (χ4n) is 3.58. The van der Waals surface area contributed by atoms with Gasteiger partial charge < -0.3 is 10.2 Å². The van der Waals surface area contributed by atoms with Crippen molar-refractivity contribution < 1.29 is 4.79 Å². The number of aromatic nitrogens is 7. The standard InChI is InChI=1S/C19H21N9O/c1-13-2-5-26(6-3-13)17-10-20-15-9-22-28(19(15)25-17)11-18(29)24-14-4-7-27-16(8-14)21-12-23-27/h4,7-10,12-13H,2-3,5-6,11H2,1H3,(H,24,29). The van der Waals surface area contributed by atoms with E-state index < -0.39 is 0 Å². The van der Waals surface area contributed by atoms with E-state index in [1.54, 1.807) is 39.9 Å². The normalized spacial score (nSPS) is 15.3. The smallest absolute Gasteiger partial charge is 0.246 e. The molecule has 0 radical (unpaired) electrons. The van der Waals surface area contributed by atoms with E-state index in [1.165, 1.54) is 6.33 Å². The molecular formula is C19H21N9O. The number of hydrogen-bond acceptors (Lipinski definition) is 7. The van der Waals surface area contributed by atoms with Crippen LogP contribution >= 0.6 is 0 Å². The zero-order valence-electron chi connectivity index (χ0n) is 16.1. The first-order valence-corrected chi connectivity index (χ1v) is 9.68. The maximum Gasteiger partial charge on any atom is 0.246 e. The van der Waals surface area contributed by atoms with Crippen molar-refractivity contribution in [3.05, 3.63) is 37.1 Å². The predicted octanol–water partition coefficient (Wildman–Crippen LogP) is 1.74. The molecule has 1 amide bonds. The quantitative estimate of drug-likeness (QED) is 0.565. The minimum absolute atomic E-state index is 0.0521. The van der Waals surface area contributed by atoms with Crippen molar-refractivity contribution in [3.63, 3.8) is 0 Å². The Morgan fingerprint density at radius 3 is 2.93 bits per heavy atom. The van der Waals surface area contributed by atoms with Gasteiger partial charge in [-0.25, -0.2) is 24.1 Å². The van der Waals surface area contributed by atoms with Crippen LogP contribution in [-0.2, 0) is 11.3 Å². The third-order valence-electron chi connectivity index (χ3n) is 5.30. The molecule has 0 unspecified atom stereocenters. The van der Waals surface area contributed by atoms with E-state index in [-0.39, 0.29) is 12.5 Å². The highest BCUT2D eigenvalue weighted by Gasteiger charge is 2.19. The highest BCUT2D eigenvalue weighted by Crippen LogP contribution is 2.22. The number of piperidine rings is 1. The van der Waals surface area contributed by atoms with E-state index in [2.05, 4.69) is 37.3 Å². The van der Waals surface area contributed by atoms with Gasteiger partial charge in [-0.15, -0.1) is 0 Å². The molecule has 10 nitrogen and oxygen atoms in total. The minimum atomic E-state index is -0.196. The van der Waals surface area contributed by atoms with E-state index in [0.717, 1.165) is 37.7 Å². The lowest BCUT2D eigenvalue weighted by Crippen LogP contribution is -2.33. The molecular weight excluding hydrogens is 370 g/mol. The number of carbonyl (C=O) groups excluding carboxylic acids is 1. The summed E-state index contributed by atoms with van der Waals surface area (Å²) in [7, 11) is 0. The monoisotopic (exact) mass is 391 g/mol. The number of amides is 1. The number of pyridine rings is 1. The SMILES string of the molecule is CC1CCN(c2cnc3cnn(CC(=O)Nc4ccn5ncnc5c4)c3n2)CC1.